The van der Waals surface area contributed by atoms with Gasteiger partial charge in [-0.3, -0.25) is 19.4 Å². The second-order valence-corrected chi connectivity index (χ2v) is 19.4. The average Bonchev–Trinajstić information content (AvgIpc) is 3.78. The van der Waals surface area contributed by atoms with Crippen LogP contribution < -0.4 is 0 Å². The van der Waals surface area contributed by atoms with Crippen molar-refractivity contribution in [2.24, 2.45) is 23.7 Å². The summed E-state index contributed by atoms with van der Waals surface area (Å²) in [5.74, 6) is -5.05. The summed E-state index contributed by atoms with van der Waals surface area (Å²) >= 11 is 0. The van der Waals surface area contributed by atoms with E-state index in [1.807, 2.05) is 96.1 Å². The zero-order valence-electron chi connectivity index (χ0n) is 39.3. The van der Waals surface area contributed by atoms with Gasteiger partial charge in [-0.15, -0.1) is 0 Å². The number of Topliss-reactive ketones (excluding diaryl/α,β-unsaturated/α-hetero) is 2. The fourth-order valence-corrected chi connectivity index (χ4v) is 10.9. The van der Waals surface area contributed by atoms with Crippen molar-refractivity contribution < 1.29 is 48.0 Å². The first kappa shape index (κ1) is 48.7. The summed E-state index contributed by atoms with van der Waals surface area (Å²) in [4.78, 5) is 68.4. The number of carbonyl (C=O) groups excluding carboxylic acids is 4. The lowest BCUT2D eigenvalue weighted by molar-refractivity contribution is -0.296. The minimum absolute atomic E-state index is 0.0631. The van der Waals surface area contributed by atoms with Crippen molar-refractivity contribution in [1.29, 1.82) is 0 Å². The van der Waals surface area contributed by atoms with Crippen molar-refractivity contribution in [3.8, 4) is 0 Å². The first-order chi connectivity index (χ1) is 29.8. The highest BCUT2D eigenvalue weighted by Crippen LogP contribution is 2.43. The smallest absolute Gasteiger partial charge is 0.410 e. The molecule has 1 N–H and O–H groups in total. The Bertz CT molecular complexity index is 1980. The molecule has 0 unspecified atom stereocenters. The van der Waals surface area contributed by atoms with E-state index in [-0.39, 0.29) is 43.4 Å². The number of benzene rings is 1. The highest BCUT2D eigenvalue weighted by molar-refractivity contribution is 6.00. The molecule has 1 aromatic heterocycles. The fourth-order valence-electron chi connectivity index (χ4n) is 10.9. The van der Waals surface area contributed by atoms with Crippen molar-refractivity contribution in [2.75, 3.05) is 40.8 Å². The standard InChI is InChI=1S/C49H72N4O10/c1-12-39-49(8)43(53(47(58)63-49)23-21-36-19-15-22-52(36)11)31(4)40(54)29(2)27-48(7,59-24-16-17-34-26-35-18-13-14-20-37(35)50-28-34)44(32(5)41(55)33(6)45(57)61-39)62-46-42(56)38(51(9)10)25-30(3)60-46/h13-14,16-18,20,26,28-33,36,38-39,42-44,46,56H,12,15,19,21-25,27H2,1-11H3/b17-16+/t29-,30-,31+,32+,33-,36+,38+,39-,42-,43-,44-,46+,48-,49-/m1/s1. The number of hydrogen-bond donors (Lipinski definition) is 1. The maximum Gasteiger partial charge on any atom is 0.410 e. The first-order valence-electron chi connectivity index (χ1n) is 23.1. The molecule has 0 saturated carbocycles. The number of aliphatic hydroxyl groups excluding tert-OH is 1. The monoisotopic (exact) mass is 877 g/mol. The number of likely N-dealkylation sites (N-methyl/N-ethyl adjacent to an activating group) is 1. The third kappa shape index (κ3) is 10.4. The summed E-state index contributed by atoms with van der Waals surface area (Å²) in [5.41, 5.74) is -1.02. The van der Waals surface area contributed by atoms with Crippen LogP contribution in [0, 0.1) is 23.7 Å². The molecule has 0 aliphatic carbocycles. The Balaban J connectivity index is 1.40. The molecule has 0 bridgehead atoms. The Morgan fingerprint density at radius 2 is 1.76 bits per heavy atom. The summed E-state index contributed by atoms with van der Waals surface area (Å²) < 4.78 is 32.4. The Labute approximate surface area is 374 Å². The fraction of sp³-hybridized carbons (Fsp3) is 0.694. The number of para-hydroxylation sites is 1. The zero-order chi connectivity index (χ0) is 46.0. The van der Waals surface area contributed by atoms with Crippen LogP contribution in [0.1, 0.15) is 99.5 Å². The summed E-state index contributed by atoms with van der Waals surface area (Å²) in [6.07, 6.45) is 4.12. The number of esters is 1. The van der Waals surface area contributed by atoms with Crippen LogP contribution in [0.5, 0.6) is 0 Å². The Kier molecular flexibility index (Phi) is 15.6. The molecular weight excluding hydrogens is 805 g/mol. The molecule has 63 heavy (non-hydrogen) atoms. The van der Waals surface area contributed by atoms with Crippen LogP contribution in [0.2, 0.25) is 0 Å². The van der Waals surface area contributed by atoms with Crippen molar-refractivity contribution >= 4 is 40.6 Å². The topological polar surface area (TPSA) is 157 Å². The molecule has 4 fully saturated rings. The van der Waals surface area contributed by atoms with E-state index in [1.54, 1.807) is 24.9 Å². The molecule has 0 radical (unpaired) electrons. The molecule has 4 saturated heterocycles. The normalized spacial score (nSPS) is 37.7. The quantitative estimate of drug-likeness (QED) is 0.198. The third-order valence-corrected chi connectivity index (χ3v) is 14.5. The molecule has 1 aromatic carbocycles. The van der Waals surface area contributed by atoms with E-state index in [2.05, 4.69) is 16.9 Å². The van der Waals surface area contributed by atoms with Crippen LogP contribution in [-0.2, 0) is 38.1 Å². The molecule has 14 nitrogen and oxygen atoms in total. The Morgan fingerprint density at radius 3 is 2.44 bits per heavy atom. The van der Waals surface area contributed by atoms with E-state index in [0.29, 0.717) is 19.4 Å². The number of fused-ring (bicyclic) bond motifs is 2. The van der Waals surface area contributed by atoms with Gasteiger partial charge >= 0.3 is 12.1 Å². The van der Waals surface area contributed by atoms with Gasteiger partial charge in [0.2, 0.25) is 0 Å². The predicted molar refractivity (Wildman–Crippen MR) is 240 cm³/mol. The van der Waals surface area contributed by atoms with Crippen LogP contribution in [0.4, 0.5) is 4.79 Å². The molecular formula is C49H72N4O10. The summed E-state index contributed by atoms with van der Waals surface area (Å²) in [5, 5.41) is 12.7. The maximum atomic E-state index is 15.1. The number of hydrogen-bond acceptors (Lipinski definition) is 13. The van der Waals surface area contributed by atoms with E-state index in [4.69, 9.17) is 23.7 Å². The molecule has 4 aliphatic heterocycles. The molecule has 5 heterocycles. The van der Waals surface area contributed by atoms with Gasteiger partial charge in [-0.1, -0.05) is 58.0 Å². The second-order valence-electron chi connectivity index (χ2n) is 19.4. The summed E-state index contributed by atoms with van der Waals surface area (Å²) in [6, 6.07) is 9.09. The Hall–Kier alpha value is -3.79. The van der Waals surface area contributed by atoms with Crippen molar-refractivity contribution in [3.05, 3.63) is 48.2 Å². The number of ketones is 2. The summed E-state index contributed by atoms with van der Waals surface area (Å²) in [7, 11) is 5.85. The number of likely N-dealkylation sites (tertiary alicyclic amines) is 1. The van der Waals surface area contributed by atoms with Crippen LogP contribution in [0.25, 0.3) is 17.0 Å². The minimum Gasteiger partial charge on any atom is -0.458 e. The molecule has 4 aliphatic rings. The highest BCUT2D eigenvalue weighted by Gasteiger charge is 2.60. The van der Waals surface area contributed by atoms with Gasteiger partial charge in [-0.2, -0.15) is 0 Å². The molecule has 2 aromatic rings. The van der Waals surface area contributed by atoms with Crippen LogP contribution in [-0.4, -0.2) is 149 Å². The molecule has 6 rings (SSSR count). The maximum absolute atomic E-state index is 15.1. The average molecular weight is 877 g/mol. The van der Waals surface area contributed by atoms with Crippen molar-refractivity contribution in [3.63, 3.8) is 0 Å². The van der Waals surface area contributed by atoms with Gasteiger partial charge in [0, 0.05) is 48.0 Å². The van der Waals surface area contributed by atoms with E-state index in [0.717, 1.165) is 35.9 Å². The number of pyridine rings is 1. The number of carbonyl (C=O) groups is 4. The first-order valence-corrected chi connectivity index (χ1v) is 23.1. The van der Waals surface area contributed by atoms with Crippen molar-refractivity contribution in [1.82, 2.24) is 19.7 Å². The second kappa shape index (κ2) is 20.2. The predicted octanol–water partition coefficient (Wildman–Crippen LogP) is 6.31. The van der Waals surface area contributed by atoms with Crippen LogP contribution in [0.3, 0.4) is 0 Å². The van der Waals surface area contributed by atoms with Gasteiger partial charge in [-0.05, 0) is 112 Å². The molecule has 14 heteroatoms. The van der Waals surface area contributed by atoms with Crippen LogP contribution >= 0.6 is 0 Å². The number of amides is 1. The van der Waals surface area contributed by atoms with E-state index in [1.165, 1.54) is 6.92 Å². The summed E-state index contributed by atoms with van der Waals surface area (Å²) in [6.45, 7) is 15.6. The lowest BCUT2D eigenvalue weighted by Crippen LogP contribution is -2.60. The number of nitrogens with zero attached hydrogens (tertiary/aromatic N) is 4. The lowest BCUT2D eigenvalue weighted by Gasteiger charge is -2.47. The van der Waals surface area contributed by atoms with Gasteiger partial charge in [0.25, 0.3) is 0 Å². The van der Waals surface area contributed by atoms with E-state index in [9.17, 15) is 19.5 Å². The largest absolute Gasteiger partial charge is 0.458 e. The minimum atomic E-state index is -1.39. The van der Waals surface area contributed by atoms with Crippen LogP contribution in [0.15, 0.2) is 42.6 Å². The molecule has 0 spiro atoms. The molecule has 14 atom stereocenters. The molecule has 1 amide bonds. The number of cyclic esters (lactones) is 1. The van der Waals surface area contributed by atoms with Gasteiger partial charge < -0.3 is 43.5 Å². The molecule has 348 valence electrons. The number of rotatable bonds is 11. The van der Waals surface area contributed by atoms with Gasteiger partial charge in [0.15, 0.2) is 17.7 Å². The van der Waals surface area contributed by atoms with E-state index >= 15 is 4.79 Å². The van der Waals surface area contributed by atoms with Gasteiger partial charge in [-0.25, -0.2) is 4.79 Å². The highest BCUT2D eigenvalue weighted by atomic mass is 16.7. The zero-order valence-corrected chi connectivity index (χ0v) is 39.3. The number of aliphatic hydroxyl groups is 1. The Morgan fingerprint density at radius 1 is 1.03 bits per heavy atom. The number of ether oxygens (including phenoxy) is 5. The lowest BCUT2D eigenvalue weighted by atomic mass is 9.73. The third-order valence-electron chi connectivity index (χ3n) is 14.5. The van der Waals surface area contributed by atoms with Gasteiger partial charge in [0.05, 0.1) is 36.0 Å². The SMILES string of the molecule is CC[C@H]1OC(=O)[C@H](C)C(=O)[C@H](C)[C@@H](O[C@@H]2O[C@H](C)C[C@H](N(C)C)[C@H]2O)[C@](C)(OC/C=C/c2cnc3ccccc3c2)C[C@@H](C)C(=O)[C@H](C)[C@H]2N(CC[C@@H]3CCCN3C)C(=O)O[C@]12C. The van der Waals surface area contributed by atoms with Gasteiger partial charge in [0.1, 0.15) is 23.9 Å². The van der Waals surface area contributed by atoms with Crippen molar-refractivity contribution in [2.45, 2.75) is 154 Å². The van der Waals surface area contributed by atoms with E-state index < -0.39 is 83.4 Å². The number of aromatic nitrogens is 1.